The fraction of sp³-hybridized carbons (Fsp3) is 0.105. The molecule has 0 radical (unpaired) electrons. The maximum Gasteiger partial charge on any atom is 0.255 e. The molecule has 2 heterocycles. The van der Waals surface area contributed by atoms with Gasteiger partial charge in [0.15, 0.2) is 0 Å². The number of nitrogens with zero attached hydrogens (tertiary/aromatic N) is 4. The third-order valence-corrected chi connectivity index (χ3v) is 4.20. The second-order valence-electron chi connectivity index (χ2n) is 6.14. The van der Waals surface area contributed by atoms with Crippen molar-refractivity contribution < 1.29 is 4.79 Å². The van der Waals surface area contributed by atoms with Gasteiger partial charge < -0.3 is 11.1 Å². The van der Waals surface area contributed by atoms with Crippen molar-refractivity contribution in [3.63, 3.8) is 0 Å². The Morgan fingerprint density at radius 1 is 1.15 bits per heavy atom. The first-order chi connectivity index (χ1) is 12.6. The Morgan fingerprint density at radius 2 is 2.00 bits per heavy atom. The molecule has 4 aromatic rings. The van der Waals surface area contributed by atoms with Crippen molar-refractivity contribution in [2.75, 3.05) is 11.1 Å². The monoisotopic (exact) mass is 346 g/mol. The minimum absolute atomic E-state index is 0.204. The Bertz CT molecular complexity index is 1090. The molecule has 0 bridgehead atoms. The third kappa shape index (κ3) is 3.02. The van der Waals surface area contributed by atoms with E-state index < -0.39 is 0 Å². The molecule has 0 unspecified atom stereocenters. The minimum Gasteiger partial charge on any atom is -0.397 e. The van der Waals surface area contributed by atoms with Gasteiger partial charge in [-0.25, -0.2) is 0 Å². The molecule has 130 valence electrons. The number of carbonyl (C=O) groups is 1. The van der Waals surface area contributed by atoms with Gasteiger partial charge in [0.05, 0.1) is 35.8 Å². The predicted molar refractivity (Wildman–Crippen MR) is 101 cm³/mol. The number of nitrogens with two attached hydrogens (primary N) is 1. The van der Waals surface area contributed by atoms with Gasteiger partial charge in [0.25, 0.3) is 5.91 Å². The molecule has 7 nitrogen and oxygen atoms in total. The fourth-order valence-corrected chi connectivity index (χ4v) is 2.89. The zero-order chi connectivity index (χ0) is 18.1. The maximum absolute atomic E-state index is 12.5. The largest absolute Gasteiger partial charge is 0.397 e. The topological polar surface area (TPSA) is 90.8 Å². The zero-order valence-electron chi connectivity index (χ0n) is 14.3. The molecule has 0 saturated heterocycles. The van der Waals surface area contributed by atoms with E-state index in [1.807, 2.05) is 48.4 Å². The van der Waals surface area contributed by atoms with Crippen LogP contribution >= 0.6 is 0 Å². The van der Waals surface area contributed by atoms with Gasteiger partial charge in [-0.2, -0.15) is 10.2 Å². The summed E-state index contributed by atoms with van der Waals surface area (Å²) in [6.07, 6.45) is 5.54. The second-order valence-corrected chi connectivity index (χ2v) is 6.14. The average Bonchev–Trinajstić information content (AvgIpc) is 3.23. The predicted octanol–water partition coefficient (Wildman–Crippen LogP) is 2.65. The minimum atomic E-state index is -0.204. The van der Waals surface area contributed by atoms with Crippen LogP contribution in [0.3, 0.4) is 0 Å². The first kappa shape index (κ1) is 15.9. The lowest BCUT2D eigenvalue weighted by molar-refractivity contribution is 0.102. The van der Waals surface area contributed by atoms with Gasteiger partial charge in [0.1, 0.15) is 0 Å². The zero-order valence-corrected chi connectivity index (χ0v) is 14.3. The number of anilines is 2. The van der Waals surface area contributed by atoms with Crippen molar-refractivity contribution in [3.8, 4) is 0 Å². The number of carbonyl (C=O) groups excluding carboxylic acids is 1. The number of nitrogen functional groups attached to an aromatic ring is 1. The highest BCUT2D eigenvalue weighted by Gasteiger charge is 2.11. The Balaban J connectivity index is 1.58. The summed E-state index contributed by atoms with van der Waals surface area (Å²) in [6, 6.07) is 12.7. The van der Waals surface area contributed by atoms with E-state index in [4.69, 9.17) is 5.73 Å². The SMILES string of the molecule is Cn1cc(Cn2ncc3cc(C(=O)Nc4ccccc4N)ccc32)cn1. The standard InChI is InChI=1S/C19H18N6O/c1-24-11-13(9-21-24)12-25-18-7-6-14(8-15(18)10-22-25)19(26)23-17-5-3-2-4-16(17)20/h2-11H,12,20H2,1H3,(H,23,26). The lowest BCUT2D eigenvalue weighted by Gasteiger charge is -2.08. The average molecular weight is 346 g/mol. The van der Waals surface area contributed by atoms with Gasteiger partial charge in [-0.3, -0.25) is 14.2 Å². The number of aromatic nitrogens is 4. The Hall–Kier alpha value is -3.61. The number of rotatable bonds is 4. The fourth-order valence-electron chi connectivity index (χ4n) is 2.89. The van der Waals surface area contributed by atoms with E-state index >= 15 is 0 Å². The quantitative estimate of drug-likeness (QED) is 0.556. The Morgan fingerprint density at radius 3 is 2.77 bits per heavy atom. The molecule has 3 N–H and O–H groups in total. The highest BCUT2D eigenvalue weighted by Crippen LogP contribution is 2.20. The van der Waals surface area contributed by atoms with Crippen LogP contribution in [0.25, 0.3) is 10.9 Å². The van der Waals surface area contributed by atoms with E-state index in [9.17, 15) is 4.79 Å². The van der Waals surface area contributed by atoms with Crippen molar-refractivity contribution in [2.24, 2.45) is 7.05 Å². The summed E-state index contributed by atoms with van der Waals surface area (Å²) in [5.41, 5.74) is 9.60. The van der Waals surface area contributed by atoms with Crippen molar-refractivity contribution in [1.82, 2.24) is 19.6 Å². The highest BCUT2D eigenvalue weighted by molar-refractivity contribution is 6.07. The van der Waals surface area contributed by atoms with Gasteiger partial charge in [0.2, 0.25) is 0 Å². The van der Waals surface area contributed by atoms with E-state index in [1.165, 1.54) is 0 Å². The van der Waals surface area contributed by atoms with Crippen LogP contribution in [-0.2, 0) is 13.6 Å². The number of fused-ring (bicyclic) bond motifs is 1. The van der Waals surface area contributed by atoms with Gasteiger partial charge in [-0.05, 0) is 30.3 Å². The molecule has 4 rings (SSSR count). The van der Waals surface area contributed by atoms with Crippen LogP contribution in [0.4, 0.5) is 11.4 Å². The van der Waals surface area contributed by atoms with Crippen molar-refractivity contribution in [1.29, 1.82) is 0 Å². The lowest BCUT2D eigenvalue weighted by Crippen LogP contribution is -2.13. The summed E-state index contributed by atoms with van der Waals surface area (Å²) in [6.45, 7) is 0.628. The van der Waals surface area contributed by atoms with Crippen molar-refractivity contribution in [3.05, 3.63) is 72.2 Å². The smallest absolute Gasteiger partial charge is 0.255 e. The summed E-state index contributed by atoms with van der Waals surface area (Å²) in [4.78, 5) is 12.5. The Kier molecular flexibility index (Phi) is 3.89. The summed E-state index contributed by atoms with van der Waals surface area (Å²) in [5, 5.41) is 12.3. The van der Waals surface area contributed by atoms with Crippen molar-refractivity contribution in [2.45, 2.75) is 6.54 Å². The van der Waals surface area contributed by atoms with Gasteiger partial charge in [0, 0.05) is 29.8 Å². The normalized spacial score (nSPS) is 11.0. The number of hydrogen-bond acceptors (Lipinski definition) is 4. The second kappa shape index (κ2) is 6.36. The first-order valence-electron chi connectivity index (χ1n) is 8.19. The van der Waals surface area contributed by atoms with E-state index in [-0.39, 0.29) is 5.91 Å². The number of amides is 1. The van der Waals surface area contributed by atoms with Crippen LogP contribution in [0.5, 0.6) is 0 Å². The molecule has 0 aliphatic carbocycles. The van der Waals surface area contributed by atoms with Gasteiger partial charge in [-0.1, -0.05) is 12.1 Å². The number of para-hydroxylation sites is 2. The molecule has 0 aliphatic heterocycles. The molecular weight excluding hydrogens is 328 g/mol. The maximum atomic E-state index is 12.5. The van der Waals surface area contributed by atoms with E-state index in [1.54, 1.807) is 29.1 Å². The summed E-state index contributed by atoms with van der Waals surface area (Å²) < 4.78 is 3.65. The summed E-state index contributed by atoms with van der Waals surface area (Å²) in [7, 11) is 1.88. The summed E-state index contributed by atoms with van der Waals surface area (Å²) in [5.74, 6) is -0.204. The van der Waals surface area contributed by atoms with Crippen LogP contribution < -0.4 is 11.1 Å². The molecule has 0 aliphatic rings. The molecule has 7 heteroatoms. The highest BCUT2D eigenvalue weighted by atomic mass is 16.1. The molecular formula is C19H18N6O. The molecule has 2 aromatic carbocycles. The van der Waals surface area contributed by atoms with E-state index in [2.05, 4.69) is 15.5 Å². The van der Waals surface area contributed by atoms with Crippen LogP contribution in [0, 0.1) is 0 Å². The van der Waals surface area contributed by atoms with Gasteiger partial charge in [-0.15, -0.1) is 0 Å². The molecule has 2 aromatic heterocycles. The van der Waals surface area contributed by atoms with Crippen LogP contribution in [-0.4, -0.2) is 25.5 Å². The first-order valence-corrected chi connectivity index (χ1v) is 8.19. The number of benzene rings is 2. The van der Waals surface area contributed by atoms with Gasteiger partial charge >= 0.3 is 0 Å². The third-order valence-electron chi connectivity index (χ3n) is 4.20. The number of aryl methyl sites for hydroxylation is 1. The number of nitrogens with one attached hydrogen (secondary N) is 1. The van der Waals surface area contributed by atoms with E-state index in [0.717, 1.165) is 16.5 Å². The van der Waals surface area contributed by atoms with Crippen LogP contribution in [0.1, 0.15) is 15.9 Å². The number of hydrogen-bond donors (Lipinski definition) is 2. The molecule has 0 spiro atoms. The van der Waals surface area contributed by atoms with Crippen molar-refractivity contribution >= 4 is 28.2 Å². The molecule has 1 amide bonds. The molecule has 0 atom stereocenters. The van der Waals surface area contributed by atoms with Crippen LogP contribution in [0.15, 0.2) is 61.1 Å². The lowest BCUT2D eigenvalue weighted by atomic mass is 10.1. The molecule has 0 saturated carbocycles. The summed E-state index contributed by atoms with van der Waals surface area (Å²) >= 11 is 0. The van der Waals surface area contributed by atoms with E-state index in [0.29, 0.717) is 23.5 Å². The van der Waals surface area contributed by atoms with Crippen LogP contribution in [0.2, 0.25) is 0 Å². The molecule has 26 heavy (non-hydrogen) atoms. The Labute approximate surface area is 150 Å². The molecule has 0 fully saturated rings.